The average Bonchev–Trinajstić information content (AvgIpc) is 2.78. The third-order valence-electron chi connectivity index (χ3n) is 5.16. The number of hydrogen-bond acceptors (Lipinski definition) is 1. The highest BCUT2D eigenvalue weighted by atomic mass is 16.2. The second-order valence-electron chi connectivity index (χ2n) is 6.51. The van der Waals surface area contributed by atoms with Crippen molar-refractivity contribution < 1.29 is 4.79 Å². The molecule has 1 heterocycles. The monoisotopic (exact) mass is 301 g/mol. The number of nitrogens with zero attached hydrogens (tertiary/aromatic N) is 1. The molecule has 2 heteroatoms. The predicted octanol–water partition coefficient (Wildman–Crippen LogP) is 4.38. The van der Waals surface area contributed by atoms with E-state index in [1.807, 2.05) is 36.2 Å². The Kier molecular flexibility index (Phi) is 3.02. The Morgan fingerprint density at radius 3 is 2.39 bits per heavy atom. The number of rotatable bonds is 2. The SMILES string of the molecule is CN1C(=O)c2c(ccc3ccccc23)C1(C)Cc1ccccc1. The minimum Gasteiger partial charge on any atom is -0.332 e. The average molecular weight is 301 g/mol. The van der Waals surface area contributed by atoms with Gasteiger partial charge in [-0.3, -0.25) is 4.79 Å². The summed E-state index contributed by atoms with van der Waals surface area (Å²) in [5.74, 6) is 0.121. The summed E-state index contributed by atoms with van der Waals surface area (Å²) in [6.07, 6.45) is 0.821. The number of amides is 1. The summed E-state index contributed by atoms with van der Waals surface area (Å²) in [5, 5.41) is 2.18. The van der Waals surface area contributed by atoms with E-state index in [1.165, 1.54) is 5.56 Å². The van der Waals surface area contributed by atoms with E-state index in [-0.39, 0.29) is 11.4 Å². The minimum absolute atomic E-state index is 0.121. The van der Waals surface area contributed by atoms with Gasteiger partial charge in [0.2, 0.25) is 0 Å². The van der Waals surface area contributed by atoms with Crippen molar-refractivity contribution in [2.75, 3.05) is 7.05 Å². The molecule has 0 saturated carbocycles. The molecule has 0 radical (unpaired) electrons. The summed E-state index contributed by atoms with van der Waals surface area (Å²) in [5.41, 5.74) is 2.94. The fraction of sp³-hybridized carbons (Fsp3) is 0.190. The fourth-order valence-corrected chi connectivity index (χ4v) is 3.73. The second kappa shape index (κ2) is 4.95. The Morgan fingerprint density at radius 2 is 1.61 bits per heavy atom. The topological polar surface area (TPSA) is 20.3 Å². The van der Waals surface area contributed by atoms with Gasteiger partial charge >= 0.3 is 0 Å². The molecule has 3 aromatic rings. The minimum atomic E-state index is -0.308. The first-order valence-electron chi connectivity index (χ1n) is 7.95. The van der Waals surface area contributed by atoms with E-state index in [1.54, 1.807) is 0 Å². The summed E-state index contributed by atoms with van der Waals surface area (Å²) >= 11 is 0. The van der Waals surface area contributed by atoms with E-state index in [9.17, 15) is 4.79 Å². The number of carbonyl (C=O) groups is 1. The molecule has 1 aliphatic heterocycles. The van der Waals surface area contributed by atoms with Gasteiger partial charge in [-0.2, -0.15) is 0 Å². The molecule has 1 amide bonds. The molecule has 114 valence electrons. The largest absolute Gasteiger partial charge is 0.332 e. The van der Waals surface area contributed by atoms with Crippen molar-refractivity contribution >= 4 is 16.7 Å². The zero-order chi connectivity index (χ0) is 16.0. The molecule has 1 aliphatic rings. The van der Waals surface area contributed by atoms with Crippen LogP contribution in [0, 0.1) is 0 Å². The maximum absolute atomic E-state index is 12.9. The first kappa shape index (κ1) is 14.0. The maximum Gasteiger partial charge on any atom is 0.255 e. The summed E-state index contributed by atoms with van der Waals surface area (Å²) in [7, 11) is 1.92. The Bertz CT molecular complexity index is 900. The van der Waals surface area contributed by atoms with Crippen LogP contribution in [0.25, 0.3) is 10.8 Å². The van der Waals surface area contributed by atoms with E-state index >= 15 is 0 Å². The molecular formula is C21H19NO. The molecule has 4 rings (SSSR count). The summed E-state index contributed by atoms with van der Waals surface area (Å²) in [4.78, 5) is 14.8. The fourth-order valence-electron chi connectivity index (χ4n) is 3.73. The molecule has 0 spiro atoms. The number of carbonyl (C=O) groups excluding carboxylic acids is 1. The highest BCUT2D eigenvalue weighted by Crippen LogP contribution is 2.43. The van der Waals surface area contributed by atoms with Gasteiger partial charge in [-0.1, -0.05) is 66.7 Å². The van der Waals surface area contributed by atoms with Crippen molar-refractivity contribution in [1.29, 1.82) is 0 Å². The predicted molar refractivity (Wildman–Crippen MR) is 93.5 cm³/mol. The number of hydrogen-bond donors (Lipinski definition) is 0. The summed E-state index contributed by atoms with van der Waals surface area (Å²) in [6, 6.07) is 22.8. The van der Waals surface area contributed by atoms with Crippen LogP contribution in [-0.2, 0) is 12.0 Å². The second-order valence-corrected chi connectivity index (χ2v) is 6.51. The number of likely N-dealkylation sites (N-methyl/N-ethyl adjacent to an activating group) is 1. The Morgan fingerprint density at radius 1 is 0.913 bits per heavy atom. The van der Waals surface area contributed by atoms with E-state index in [0.717, 1.165) is 28.3 Å². The van der Waals surface area contributed by atoms with Crippen LogP contribution >= 0.6 is 0 Å². The molecule has 0 bridgehead atoms. The molecule has 23 heavy (non-hydrogen) atoms. The lowest BCUT2D eigenvalue weighted by Crippen LogP contribution is -2.40. The zero-order valence-electron chi connectivity index (χ0n) is 13.4. The van der Waals surface area contributed by atoms with Gasteiger partial charge in [0.1, 0.15) is 0 Å². The molecular weight excluding hydrogens is 282 g/mol. The van der Waals surface area contributed by atoms with Crippen molar-refractivity contribution in [3.05, 3.63) is 83.4 Å². The van der Waals surface area contributed by atoms with Gasteiger partial charge in [0.25, 0.3) is 5.91 Å². The van der Waals surface area contributed by atoms with Crippen molar-refractivity contribution in [1.82, 2.24) is 4.90 Å². The van der Waals surface area contributed by atoms with Crippen LogP contribution in [0.2, 0.25) is 0 Å². The molecule has 3 aromatic carbocycles. The van der Waals surface area contributed by atoms with Crippen LogP contribution in [0.4, 0.5) is 0 Å². The molecule has 0 N–H and O–H groups in total. The van der Waals surface area contributed by atoms with Gasteiger partial charge in [-0.15, -0.1) is 0 Å². The Balaban J connectivity index is 1.91. The smallest absolute Gasteiger partial charge is 0.255 e. The Labute approximate surface area is 136 Å². The van der Waals surface area contributed by atoms with Gasteiger partial charge in [-0.25, -0.2) is 0 Å². The van der Waals surface area contributed by atoms with Crippen LogP contribution < -0.4 is 0 Å². The van der Waals surface area contributed by atoms with Gasteiger partial charge in [0.15, 0.2) is 0 Å². The normalized spacial score (nSPS) is 20.1. The van der Waals surface area contributed by atoms with Crippen LogP contribution in [0.1, 0.15) is 28.4 Å². The van der Waals surface area contributed by atoms with Crippen molar-refractivity contribution in [2.24, 2.45) is 0 Å². The lowest BCUT2D eigenvalue weighted by Gasteiger charge is -2.33. The molecule has 0 fully saturated rings. The van der Waals surface area contributed by atoms with Gasteiger partial charge in [0, 0.05) is 7.05 Å². The third kappa shape index (κ3) is 1.98. The van der Waals surface area contributed by atoms with E-state index < -0.39 is 0 Å². The van der Waals surface area contributed by atoms with E-state index in [0.29, 0.717) is 0 Å². The lowest BCUT2D eigenvalue weighted by molar-refractivity contribution is 0.0664. The standard InChI is InChI=1S/C21H19NO/c1-21(14-15-8-4-3-5-9-15)18-13-12-16-10-6-7-11-17(16)19(18)20(23)22(21)2/h3-13H,14H2,1-2H3. The highest BCUT2D eigenvalue weighted by molar-refractivity contribution is 6.11. The maximum atomic E-state index is 12.9. The molecule has 2 nitrogen and oxygen atoms in total. The van der Waals surface area contributed by atoms with Crippen LogP contribution in [-0.4, -0.2) is 17.9 Å². The quantitative estimate of drug-likeness (QED) is 0.687. The first-order valence-corrected chi connectivity index (χ1v) is 7.95. The molecule has 1 unspecified atom stereocenters. The summed E-state index contributed by atoms with van der Waals surface area (Å²) in [6.45, 7) is 2.17. The third-order valence-corrected chi connectivity index (χ3v) is 5.16. The van der Waals surface area contributed by atoms with Crippen LogP contribution in [0.5, 0.6) is 0 Å². The van der Waals surface area contributed by atoms with Gasteiger partial charge in [0.05, 0.1) is 11.1 Å². The van der Waals surface area contributed by atoms with Gasteiger partial charge < -0.3 is 4.90 Å². The van der Waals surface area contributed by atoms with Crippen molar-refractivity contribution in [2.45, 2.75) is 18.9 Å². The van der Waals surface area contributed by atoms with Crippen LogP contribution in [0.15, 0.2) is 66.7 Å². The highest BCUT2D eigenvalue weighted by Gasteiger charge is 2.44. The lowest BCUT2D eigenvalue weighted by atomic mass is 9.84. The first-order chi connectivity index (χ1) is 11.1. The number of fused-ring (bicyclic) bond motifs is 3. The van der Waals surface area contributed by atoms with E-state index in [4.69, 9.17) is 0 Å². The molecule has 0 aromatic heterocycles. The zero-order valence-corrected chi connectivity index (χ0v) is 13.4. The molecule has 1 atom stereocenters. The van der Waals surface area contributed by atoms with Crippen LogP contribution in [0.3, 0.4) is 0 Å². The molecule has 0 aliphatic carbocycles. The van der Waals surface area contributed by atoms with Crippen molar-refractivity contribution in [3.8, 4) is 0 Å². The molecule has 0 saturated heterocycles. The summed E-state index contributed by atoms with van der Waals surface area (Å²) < 4.78 is 0. The van der Waals surface area contributed by atoms with Gasteiger partial charge in [-0.05, 0) is 35.2 Å². The van der Waals surface area contributed by atoms with Crippen molar-refractivity contribution in [3.63, 3.8) is 0 Å². The number of benzene rings is 3. The van der Waals surface area contributed by atoms with E-state index in [2.05, 4.69) is 49.4 Å². The Hall–Kier alpha value is -2.61.